The summed E-state index contributed by atoms with van der Waals surface area (Å²) in [7, 11) is 4.77. The second kappa shape index (κ2) is 8.68. The third kappa shape index (κ3) is 3.45. The zero-order valence-electron chi connectivity index (χ0n) is 18.0. The zero-order valence-corrected chi connectivity index (χ0v) is 18.9. The molecule has 1 aromatic carbocycles. The van der Waals surface area contributed by atoms with E-state index in [0.717, 1.165) is 47.9 Å². The highest BCUT2D eigenvalue weighted by molar-refractivity contribution is 7.18. The largest absolute Gasteiger partial charge is 0.493 e. The quantitative estimate of drug-likeness (QED) is 0.539. The number of ether oxygens (including phenoxy) is 3. The van der Waals surface area contributed by atoms with Crippen molar-refractivity contribution in [2.75, 3.05) is 21.3 Å². The molecule has 0 saturated heterocycles. The average Bonchev–Trinajstić information content (AvgIpc) is 3.15. The van der Waals surface area contributed by atoms with Crippen LogP contribution in [0, 0.1) is 0 Å². The molecular weight excluding hydrogens is 400 g/mol. The number of rotatable bonds is 7. The SMILES string of the molecule is CCCCn1c(-c2cc(OC)c(OC)c(OC)c2)nc2sc3c(c2c1=O)CCCC3. The van der Waals surface area contributed by atoms with Crippen LogP contribution >= 0.6 is 11.3 Å². The van der Waals surface area contributed by atoms with Gasteiger partial charge < -0.3 is 14.2 Å². The Balaban J connectivity index is 1.99. The first-order valence-electron chi connectivity index (χ1n) is 10.5. The minimum absolute atomic E-state index is 0.0663. The van der Waals surface area contributed by atoms with E-state index in [-0.39, 0.29) is 5.56 Å². The summed E-state index contributed by atoms with van der Waals surface area (Å²) in [5.74, 6) is 2.28. The molecule has 0 saturated carbocycles. The van der Waals surface area contributed by atoms with Crippen LogP contribution in [0.5, 0.6) is 17.2 Å². The maximum absolute atomic E-state index is 13.6. The maximum Gasteiger partial charge on any atom is 0.262 e. The van der Waals surface area contributed by atoms with E-state index in [1.165, 1.54) is 16.9 Å². The summed E-state index contributed by atoms with van der Waals surface area (Å²) in [6, 6.07) is 3.73. The van der Waals surface area contributed by atoms with E-state index < -0.39 is 0 Å². The smallest absolute Gasteiger partial charge is 0.262 e. The van der Waals surface area contributed by atoms with Gasteiger partial charge in [-0.15, -0.1) is 11.3 Å². The molecule has 2 heterocycles. The number of hydrogen-bond acceptors (Lipinski definition) is 6. The van der Waals surface area contributed by atoms with Crippen LogP contribution in [0.25, 0.3) is 21.6 Å². The molecule has 6 nitrogen and oxygen atoms in total. The monoisotopic (exact) mass is 428 g/mol. The lowest BCUT2D eigenvalue weighted by Gasteiger charge is -2.17. The van der Waals surface area contributed by atoms with Crippen LogP contribution < -0.4 is 19.8 Å². The Kier molecular flexibility index (Phi) is 5.99. The molecule has 0 N–H and O–H groups in total. The van der Waals surface area contributed by atoms with Crippen molar-refractivity contribution in [3.8, 4) is 28.6 Å². The standard InChI is InChI=1S/C23H28N2O4S/c1-5-6-11-25-21(14-12-16(27-2)20(29-4)17(13-14)28-3)24-22-19(23(25)26)15-9-7-8-10-18(15)30-22/h12-13H,5-11H2,1-4H3. The molecule has 0 unspecified atom stereocenters. The number of thiophene rings is 1. The number of aromatic nitrogens is 2. The fourth-order valence-electron chi connectivity index (χ4n) is 4.19. The van der Waals surface area contributed by atoms with E-state index in [1.54, 1.807) is 32.7 Å². The Hall–Kier alpha value is -2.54. The summed E-state index contributed by atoms with van der Waals surface area (Å²) >= 11 is 1.67. The van der Waals surface area contributed by atoms with Gasteiger partial charge in [-0.3, -0.25) is 9.36 Å². The van der Waals surface area contributed by atoms with Gasteiger partial charge in [-0.25, -0.2) is 4.98 Å². The van der Waals surface area contributed by atoms with Gasteiger partial charge in [0, 0.05) is 17.0 Å². The molecule has 2 aromatic heterocycles. The molecule has 0 fully saturated rings. The number of unbranched alkanes of at least 4 members (excludes halogenated alkanes) is 1. The molecule has 3 aromatic rings. The van der Waals surface area contributed by atoms with Crippen LogP contribution in [0.4, 0.5) is 0 Å². The Bertz CT molecular complexity index is 1110. The molecule has 0 spiro atoms. The van der Waals surface area contributed by atoms with Crippen LogP contribution in [-0.4, -0.2) is 30.9 Å². The van der Waals surface area contributed by atoms with Crippen LogP contribution in [-0.2, 0) is 19.4 Å². The first-order chi connectivity index (χ1) is 14.6. The lowest BCUT2D eigenvalue weighted by Crippen LogP contribution is -2.24. The number of nitrogens with zero attached hydrogens (tertiary/aromatic N) is 2. The summed E-state index contributed by atoms with van der Waals surface area (Å²) in [5.41, 5.74) is 2.07. The summed E-state index contributed by atoms with van der Waals surface area (Å²) < 4.78 is 18.3. The summed E-state index contributed by atoms with van der Waals surface area (Å²) in [4.78, 5) is 20.8. The molecule has 1 aliphatic rings. The van der Waals surface area contributed by atoms with Crippen LogP contribution in [0.3, 0.4) is 0 Å². The highest BCUT2D eigenvalue weighted by Crippen LogP contribution is 2.41. The highest BCUT2D eigenvalue weighted by atomic mass is 32.1. The van der Waals surface area contributed by atoms with Crippen LogP contribution in [0.1, 0.15) is 43.0 Å². The summed E-state index contributed by atoms with van der Waals surface area (Å²) in [6.07, 6.45) is 6.26. The van der Waals surface area contributed by atoms with Gasteiger partial charge in [-0.1, -0.05) is 13.3 Å². The van der Waals surface area contributed by atoms with E-state index in [9.17, 15) is 4.79 Å². The molecule has 7 heteroatoms. The van der Waals surface area contributed by atoms with Crippen LogP contribution in [0.2, 0.25) is 0 Å². The lowest BCUT2D eigenvalue weighted by molar-refractivity contribution is 0.324. The van der Waals surface area contributed by atoms with Gasteiger partial charge >= 0.3 is 0 Å². The predicted molar refractivity (Wildman–Crippen MR) is 121 cm³/mol. The van der Waals surface area contributed by atoms with Gasteiger partial charge in [0.1, 0.15) is 10.7 Å². The molecule has 30 heavy (non-hydrogen) atoms. The first-order valence-corrected chi connectivity index (χ1v) is 11.3. The molecule has 0 amide bonds. The van der Waals surface area contributed by atoms with E-state index in [1.807, 2.05) is 16.7 Å². The fraction of sp³-hybridized carbons (Fsp3) is 0.478. The minimum Gasteiger partial charge on any atom is -0.493 e. The topological polar surface area (TPSA) is 62.6 Å². The number of aryl methyl sites for hydroxylation is 2. The molecular formula is C23H28N2O4S. The first kappa shape index (κ1) is 20.7. The minimum atomic E-state index is 0.0663. The molecule has 0 bridgehead atoms. The lowest BCUT2D eigenvalue weighted by atomic mass is 9.97. The summed E-state index contributed by atoms with van der Waals surface area (Å²) in [5, 5.41) is 0.821. The van der Waals surface area contributed by atoms with Gasteiger partial charge in [-0.05, 0) is 49.8 Å². The molecule has 160 valence electrons. The van der Waals surface area contributed by atoms with Gasteiger partial charge in [0.15, 0.2) is 11.5 Å². The molecule has 4 rings (SSSR count). The van der Waals surface area contributed by atoms with Crippen molar-refractivity contribution >= 4 is 21.6 Å². The average molecular weight is 429 g/mol. The van der Waals surface area contributed by atoms with Crippen LogP contribution in [0.15, 0.2) is 16.9 Å². The third-order valence-electron chi connectivity index (χ3n) is 5.73. The molecule has 0 aliphatic heterocycles. The predicted octanol–water partition coefficient (Wildman–Crippen LogP) is 4.83. The summed E-state index contributed by atoms with van der Waals surface area (Å²) in [6.45, 7) is 2.76. The second-order valence-electron chi connectivity index (χ2n) is 7.55. The van der Waals surface area contributed by atoms with Crippen molar-refractivity contribution in [1.82, 2.24) is 9.55 Å². The van der Waals surface area contributed by atoms with Crippen molar-refractivity contribution in [2.24, 2.45) is 0 Å². The zero-order chi connectivity index (χ0) is 21.3. The van der Waals surface area contributed by atoms with Crippen molar-refractivity contribution in [2.45, 2.75) is 52.0 Å². The normalized spacial score (nSPS) is 13.3. The maximum atomic E-state index is 13.6. The highest BCUT2D eigenvalue weighted by Gasteiger charge is 2.24. The Labute approximate surface area is 180 Å². The molecule has 1 aliphatic carbocycles. The van der Waals surface area contributed by atoms with Gasteiger partial charge in [-0.2, -0.15) is 0 Å². The van der Waals surface area contributed by atoms with Crippen molar-refractivity contribution in [3.05, 3.63) is 32.9 Å². The van der Waals surface area contributed by atoms with Crippen molar-refractivity contribution in [3.63, 3.8) is 0 Å². The Morgan fingerprint density at radius 1 is 1.07 bits per heavy atom. The van der Waals surface area contributed by atoms with E-state index in [4.69, 9.17) is 19.2 Å². The van der Waals surface area contributed by atoms with Crippen molar-refractivity contribution in [1.29, 1.82) is 0 Å². The number of methoxy groups -OCH3 is 3. The molecule has 0 radical (unpaired) electrons. The third-order valence-corrected chi connectivity index (χ3v) is 6.92. The Morgan fingerprint density at radius 2 is 1.77 bits per heavy atom. The van der Waals surface area contributed by atoms with Gasteiger partial charge in [0.25, 0.3) is 5.56 Å². The van der Waals surface area contributed by atoms with Gasteiger partial charge in [0.2, 0.25) is 5.75 Å². The second-order valence-corrected chi connectivity index (χ2v) is 8.63. The molecule has 0 atom stereocenters. The van der Waals surface area contributed by atoms with Crippen molar-refractivity contribution < 1.29 is 14.2 Å². The van der Waals surface area contributed by atoms with E-state index in [2.05, 4.69) is 6.92 Å². The van der Waals surface area contributed by atoms with E-state index >= 15 is 0 Å². The van der Waals surface area contributed by atoms with E-state index in [0.29, 0.717) is 29.6 Å². The fourth-order valence-corrected chi connectivity index (χ4v) is 5.44. The number of fused-ring (bicyclic) bond motifs is 3. The number of benzene rings is 1. The Morgan fingerprint density at radius 3 is 2.40 bits per heavy atom. The van der Waals surface area contributed by atoms with Gasteiger partial charge in [0.05, 0.1) is 26.7 Å². The number of hydrogen-bond donors (Lipinski definition) is 0.